The van der Waals surface area contributed by atoms with Gasteiger partial charge in [-0.3, -0.25) is 4.79 Å². The third-order valence-electron chi connectivity index (χ3n) is 3.72. The molecule has 1 fully saturated rings. The summed E-state index contributed by atoms with van der Waals surface area (Å²) in [5, 5.41) is 29.7. The van der Waals surface area contributed by atoms with E-state index in [9.17, 15) is 20.1 Å². The summed E-state index contributed by atoms with van der Waals surface area (Å²) in [5.41, 5.74) is 0. The minimum Gasteiger partial charge on any atom is -0.463 e. The van der Waals surface area contributed by atoms with E-state index in [0.29, 0.717) is 6.42 Å². The molecule has 7 nitrogen and oxygen atoms in total. The van der Waals surface area contributed by atoms with Crippen LogP contribution in [0.25, 0.3) is 0 Å². The molecular formula is C16H30O7. The first-order valence-corrected chi connectivity index (χ1v) is 8.37. The van der Waals surface area contributed by atoms with E-state index in [1.165, 1.54) is 0 Å². The second kappa shape index (κ2) is 10.2. The van der Waals surface area contributed by atoms with Crippen LogP contribution in [0.15, 0.2) is 0 Å². The molecular weight excluding hydrogens is 304 g/mol. The number of carbonyl (C=O) groups excluding carboxylic acids is 1. The third kappa shape index (κ3) is 6.73. The van der Waals surface area contributed by atoms with Gasteiger partial charge in [0.25, 0.3) is 0 Å². The van der Waals surface area contributed by atoms with E-state index in [1.54, 1.807) is 13.8 Å². The zero-order valence-corrected chi connectivity index (χ0v) is 14.2. The number of aliphatic hydroxyl groups is 3. The number of aliphatic hydroxyl groups excluding tert-OH is 3. The summed E-state index contributed by atoms with van der Waals surface area (Å²) >= 11 is 0. The molecule has 0 aliphatic carbocycles. The van der Waals surface area contributed by atoms with Gasteiger partial charge in [-0.1, -0.05) is 26.2 Å². The van der Waals surface area contributed by atoms with Crippen molar-refractivity contribution in [1.82, 2.24) is 0 Å². The molecule has 0 spiro atoms. The fourth-order valence-electron chi connectivity index (χ4n) is 2.38. The highest BCUT2D eigenvalue weighted by atomic mass is 16.7. The Morgan fingerprint density at radius 3 is 2.39 bits per heavy atom. The van der Waals surface area contributed by atoms with Crippen LogP contribution in [0.3, 0.4) is 0 Å². The Kier molecular flexibility index (Phi) is 9.01. The molecule has 1 unspecified atom stereocenters. The molecule has 7 heteroatoms. The average Bonchev–Trinajstić information content (AvgIpc) is 2.50. The van der Waals surface area contributed by atoms with Crippen LogP contribution in [-0.4, -0.2) is 64.7 Å². The van der Waals surface area contributed by atoms with Gasteiger partial charge in [0.05, 0.1) is 6.10 Å². The lowest BCUT2D eigenvalue weighted by Crippen LogP contribution is -2.59. The molecule has 23 heavy (non-hydrogen) atoms. The second-order valence-electron chi connectivity index (χ2n) is 6.19. The fraction of sp³-hybridized carbons (Fsp3) is 0.938. The van der Waals surface area contributed by atoms with E-state index >= 15 is 0 Å². The highest BCUT2D eigenvalue weighted by Gasteiger charge is 2.45. The minimum atomic E-state index is -1.42. The van der Waals surface area contributed by atoms with Crippen molar-refractivity contribution in [2.75, 3.05) is 6.61 Å². The number of hydrogen-bond donors (Lipinski definition) is 3. The van der Waals surface area contributed by atoms with Crippen LogP contribution in [0.4, 0.5) is 0 Å². The Balaban J connectivity index is 2.43. The highest BCUT2D eigenvalue weighted by molar-refractivity contribution is 5.69. The molecule has 1 rings (SSSR count). The summed E-state index contributed by atoms with van der Waals surface area (Å²) in [6.45, 7) is 5.43. The molecule has 1 aliphatic rings. The number of ether oxygens (including phenoxy) is 3. The number of hydrogen-bond acceptors (Lipinski definition) is 7. The first-order chi connectivity index (χ1) is 10.9. The Morgan fingerprint density at radius 1 is 1.09 bits per heavy atom. The van der Waals surface area contributed by atoms with Crippen LogP contribution >= 0.6 is 0 Å². The Labute approximate surface area is 137 Å². The third-order valence-corrected chi connectivity index (χ3v) is 3.72. The topological polar surface area (TPSA) is 105 Å². The van der Waals surface area contributed by atoms with E-state index in [0.717, 1.165) is 25.7 Å². The molecule has 0 bridgehead atoms. The molecule has 0 aromatic carbocycles. The van der Waals surface area contributed by atoms with Gasteiger partial charge in [0.15, 0.2) is 6.29 Å². The van der Waals surface area contributed by atoms with Crippen LogP contribution in [0.5, 0.6) is 0 Å². The van der Waals surface area contributed by atoms with Crippen molar-refractivity contribution in [1.29, 1.82) is 0 Å². The van der Waals surface area contributed by atoms with Gasteiger partial charge >= 0.3 is 5.97 Å². The van der Waals surface area contributed by atoms with Crippen molar-refractivity contribution >= 4 is 5.97 Å². The first kappa shape index (κ1) is 20.3. The van der Waals surface area contributed by atoms with Gasteiger partial charge in [0.1, 0.15) is 31.0 Å². The molecule has 0 amide bonds. The fourth-order valence-corrected chi connectivity index (χ4v) is 2.38. The van der Waals surface area contributed by atoms with Gasteiger partial charge in [-0.05, 0) is 20.3 Å². The van der Waals surface area contributed by atoms with Crippen molar-refractivity contribution in [2.24, 2.45) is 0 Å². The van der Waals surface area contributed by atoms with Crippen molar-refractivity contribution in [2.45, 2.75) is 89.7 Å². The number of carbonyl (C=O) groups is 1. The van der Waals surface area contributed by atoms with Crippen LogP contribution in [-0.2, 0) is 19.0 Å². The van der Waals surface area contributed by atoms with Crippen LogP contribution in [0.2, 0.25) is 0 Å². The monoisotopic (exact) mass is 334 g/mol. The number of esters is 1. The number of unbranched alkanes of at least 4 members (excludes halogenated alkanes) is 3. The van der Waals surface area contributed by atoms with E-state index in [-0.39, 0.29) is 18.7 Å². The Morgan fingerprint density at radius 2 is 1.78 bits per heavy atom. The Hall–Kier alpha value is -0.730. The first-order valence-electron chi connectivity index (χ1n) is 8.37. The SMILES string of the molecule is CCCCCCC(=O)OC[C@H]1OC(OC(C)C)[C@H](O)[C@@H](O)[C@@H]1O. The standard InChI is InChI=1S/C16H30O7/c1-4-5-6-7-8-12(17)21-9-11-13(18)14(19)15(20)16(23-11)22-10(2)3/h10-11,13-16,18-20H,4-9H2,1-3H3/t11-,13-,14+,15-,16?/m1/s1. The van der Waals surface area contributed by atoms with E-state index in [2.05, 4.69) is 6.92 Å². The molecule has 136 valence electrons. The minimum absolute atomic E-state index is 0.185. The lowest BCUT2D eigenvalue weighted by Gasteiger charge is -2.40. The summed E-state index contributed by atoms with van der Waals surface area (Å²) in [7, 11) is 0. The molecule has 0 saturated carbocycles. The maximum absolute atomic E-state index is 11.7. The summed E-state index contributed by atoms with van der Waals surface area (Å²) in [5.74, 6) is -0.362. The normalized spacial score (nSPS) is 31.3. The van der Waals surface area contributed by atoms with E-state index in [1.807, 2.05) is 0 Å². The molecule has 1 aliphatic heterocycles. The second-order valence-corrected chi connectivity index (χ2v) is 6.19. The Bertz CT molecular complexity index is 347. The molecule has 0 radical (unpaired) electrons. The van der Waals surface area contributed by atoms with Gasteiger partial charge in [-0.25, -0.2) is 0 Å². The molecule has 1 saturated heterocycles. The predicted octanol–water partition coefficient (Wildman–Crippen LogP) is 0.733. The highest BCUT2D eigenvalue weighted by Crippen LogP contribution is 2.23. The van der Waals surface area contributed by atoms with Crippen molar-refractivity contribution in [3.63, 3.8) is 0 Å². The van der Waals surface area contributed by atoms with Crippen LogP contribution in [0, 0.1) is 0 Å². The number of rotatable bonds is 9. The zero-order valence-electron chi connectivity index (χ0n) is 14.2. The van der Waals surface area contributed by atoms with E-state index < -0.39 is 30.7 Å². The van der Waals surface area contributed by atoms with Crippen LogP contribution in [0.1, 0.15) is 52.9 Å². The summed E-state index contributed by atoms with van der Waals surface area (Å²) in [6, 6.07) is 0. The zero-order chi connectivity index (χ0) is 17.4. The van der Waals surface area contributed by atoms with Crippen molar-refractivity contribution in [3.05, 3.63) is 0 Å². The molecule has 0 aromatic rings. The van der Waals surface area contributed by atoms with Gasteiger partial charge in [-0.2, -0.15) is 0 Å². The maximum Gasteiger partial charge on any atom is 0.305 e. The largest absolute Gasteiger partial charge is 0.463 e. The lowest BCUT2D eigenvalue weighted by atomic mass is 9.99. The summed E-state index contributed by atoms with van der Waals surface area (Å²) in [6.07, 6.45) is -2.11. The van der Waals surface area contributed by atoms with Gasteiger partial charge in [0.2, 0.25) is 0 Å². The maximum atomic E-state index is 11.7. The van der Waals surface area contributed by atoms with Gasteiger partial charge in [-0.15, -0.1) is 0 Å². The molecule has 5 atom stereocenters. The summed E-state index contributed by atoms with van der Waals surface area (Å²) < 4.78 is 15.9. The van der Waals surface area contributed by atoms with Crippen molar-refractivity contribution < 1.29 is 34.3 Å². The predicted molar refractivity (Wildman–Crippen MR) is 82.6 cm³/mol. The lowest BCUT2D eigenvalue weighted by molar-refractivity contribution is -0.309. The smallest absolute Gasteiger partial charge is 0.305 e. The van der Waals surface area contributed by atoms with Gasteiger partial charge < -0.3 is 29.5 Å². The molecule has 0 aromatic heterocycles. The quantitative estimate of drug-likeness (QED) is 0.422. The average molecular weight is 334 g/mol. The van der Waals surface area contributed by atoms with E-state index in [4.69, 9.17) is 14.2 Å². The van der Waals surface area contributed by atoms with Crippen molar-refractivity contribution in [3.8, 4) is 0 Å². The van der Waals surface area contributed by atoms with Gasteiger partial charge in [0, 0.05) is 6.42 Å². The molecule has 3 N–H and O–H groups in total. The summed E-state index contributed by atoms with van der Waals surface area (Å²) in [4.78, 5) is 11.7. The molecule has 1 heterocycles. The van der Waals surface area contributed by atoms with Crippen LogP contribution < -0.4 is 0 Å².